The van der Waals surface area contributed by atoms with Crippen molar-refractivity contribution in [1.82, 2.24) is 9.97 Å². The SMILES string of the molecule is CCOc1ccccc1CNc1ncnc2scc(-c3ccc(F)cc3)c12. The summed E-state index contributed by atoms with van der Waals surface area (Å²) in [5.74, 6) is 1.37. The van der Waals surface area contributed by atoms with Crippen LogP contribution in [0.5, 0.6) is 5.75 Å². The van der Waals surface area contributed by atoms with E-state index in [1.54, 1.807) is 29.8 Å². The van der Waals surface area contributed by atoms with Crippen LogP contribution in [0, 0.1) is 5.82 Å². The van der Waals surface area contributed by atoms with Crippen LogP contribution in [0.15, 0.2) is 60.2 Å². The summed E-state index contributed by atoms with van der Waals surface area (Å²) in [5, 5.41) is 6.39. The number of anilines is 1. The van der Waals surface area contributed by atoms with Crippen molar-refractivity contribution >= 4 is 27.4 Å². The van der Waals surface area contributed by atoms with Gasteiger partial charge in [-0.05, 0) is 30.7 Å². The maximum atomic E-state index is 13.3. The zero-order valence-electron chi connectivity index (χ0n) is 14.8. The van der Waals surface area contributed by atoms with Gasteiger partial charge in [0.1, 0.15) is 28.5 Å². The van der Waals surface area contributed by atoms with Crippen LogP contribution < -0.4 is 10.1 Å². The molecule has 0 fully saturated rings. The fourth-order valence-corrected chi connectivity index (χ4v) is 3.89. The van der Waals surface area contributed by atoms with Crippen molar-refractivity contribution in [2.45, 2.75) is 13.5 Å². The average Bonchev–Trinajstić information content (AvgIpc) is 3.13. The number of fused-ring (bicyclic) bond motifs is 1. The Morgan fingerprint density at radius 1 is 1.07 bits per heavy atom. The second-order valence-electron chi connectivity index (χ2n) is 5.95. The molecule has 0 aliphatic carbocycles. The molecular formula is C21H18FN3OS. The lowest BCUT2D eigenvalue weighted by Crippen LogP contribution is -2.05. The van der Waals surface area contributed by atoms with Gasteiger partial charge in [-0.2, -0.15) is 0 Å². The Balaban J connectivity index is 1.68. The first-order chi connectivity index (χ1) is 13.3. The Morgan fingerprint density at radius 2 is 1.89 bits per heavy atom. The van der Waals surface area contributed by atoms with Crippen LogP contribution >= 0.6 is 11.3 Å². The quantitative estimate of drug-likeness (QED) is 0.480. The number of nitrogens with zero attached hydrogens (tertiary/aromatic N) is 2. The Bertz CT molecular complexity index is 1060. The van der Waals surface area contributed by atoms with Gasteiger partial charge < -0.3 is 10.1 Å². The minimum Gasteiger partial charge on any atom is -0.494 e. The van der Waals surface area contributed by atoms with E-state index in [-0.39, 0.29) is 5.82 Å². The number of benzene rings is 2. The molecule has 136 valence electrons. The van der Waals surface area contributed by atoms with E-state index in [4.69, 9.17) is 4.74 Å². The van der Waals surface area contributed by atoms with Gasteiger partial charge in [-0.3, -0.25) is 0 Å². The van der Waals surface area contributed by atoms with E-state index in [1.165, 1.54) is 12.1 Å². The molecule has 0 aliphatic heterocycles. The summed E-state index contributed by atoms with van der Waals surface area (Å²) in [7, 11) is 0. The molecule has 0 amide bonds. The van der Waals surface area contributed by atoms with Crippen molar-refractivity contribution in [3.63, 3.8) is 0 Å². The molecule has 0 saturated carbocycles. The third-order valence-corrected chi connectivity index (χ3v) is 5.13. The number of para-hydroxylation sites is 1. The van der Waals surface area contributed by atoms with Crippen molar-refractivity contribution in [3.05, 3.63) is 71.6 Å². The number of hydrogen-bond donors (Lipinski definition) is 1. The van der Waals surface area contributed by atoms with E-state index in [0.29, 0.717) is 13.2 Å². The maximum absolute atomic E-state index is 13.3. The molecule has 0 aliphatic rings. The summed E-state index contributed by atoms with van der Waals surface area (Å²) in [4.78, 5) is 9.71. The van der Waals surface area contributed by atoms with Crippen LogP contribution in [0.2, 0.25) is 0 Å². The molecule has 1 N–H and O–H groups in total. The van der Waals surface area contributed by atoms with Gasteiger partial charge >= 0.3 is 0 Å². The molecule has 0 saturated heterocycles. The first-order valence-electron chi connectivity index (χ1n) is 8.69. The highest BCUT2D eigenvalue weighted by Crippen LogP contribution is 2.36. The molecule has 27 heavy (non-hydrogen) atoms. The largest absolute Gasteiger partial charge is 0.494 e. The number of ether oxygens (including phenoxy) is 1. The lowest BCUT2D eigenvalue weighted by atomic mass is 10.1. The normalized spacial score (nSPS) is 10.9. The number of halogens is 1. The molecule has 4 rings (SSSR count). The first kappa shape index (κ1) is 17.4. The smallest absolute Gasteiger partial charge is 0.139 e. The lowest BCUT2D eigenvalue weighted by molar-refractivity contribution is 0.337. The lowest BCUT2D eigenvalue weighted by Gasteiger charge is -2.12. The highest BCUT2D eigenvalue weighted by Gasteiger charge is 2.13. The van der Waals surface area contributed by atoms with E-state index in [2.05, 4.69) is 15.3 Å². The fourth-order valence-electron chi connectivity index (χ4n) is 2.98. The number of thiophene rings is 1. The number of rotatable bonds is 6. The second kappa shape index (κ2) is 7.72. The zero-order chi connectivity index (χ0) is 18.6. The second-order valence-corrected chi connectivity index (χ2v) is 6.81. The van der Waals surface area contributed by atoms with Crippen molar-refractivity contribution in [3.8, 4) is 16.9 Å². The predicted octanol–water partition coefficient (Wildman–Crippen LogP) is 5.51. The highest BCUT2D eigenvalue weighted by atomic mass is 32.1. The molecule has 0 radical (unpaired) electrons. The standard InChI is InChI=1S/C21H18FN3OS/c1-2-26-18-6-4-3-5-15(18)11-23-20-19-17(12-27-21(19)25-13-24-20)14-7-9-16(22)10-8-14/h3-10,12-13H,2,11H2,1H3,(H,23,24,25). The van der Waals surface area contributed by atoms with E-state index in [9.17, 15) is 4.39 Å². The summed E-state index contributed by atoms with van der Waals surface area (Å²) in [5.41, 5.74) is 3.00. The first-order valence-corrected chi connectivity index (χ1v) is 9.57. The van der Waals surface area contributed by atoms with Crippen LogP contribution in [0.25, 0.3) is 21.3 Å². The van der Waals surface area contributed by atoms with Gasteiger partial charge in [0.05, 0.1) is 12.0 Å². The molecule has 4 aromatic rings. The molecule has 4 nitrogen and oxygen atoms in total. The minimum absolute atomic E-state index is 0.250. The van der Waals surface area contributed by atoms with Gasteiger partial charge in [-0.15, -0.1) is 11.3 Å². The summed E-state index contributed by atoms with van der Waals surface area (Å²) in [6.45, 7) is 3.17. The van der Waals surface area contributed by atoms with Gasteiger partial charge in [0.15, 0.2) is 0 Å². The molecule has 0 spiro atoms. The number of hydrogen-bond acceptors (Lipinski definition) is 5. The van der Waals surface area contributed by atoms with E-state index in [1.807, 2.05) is 36.6 Å². The van der Waals surface area contributed by atoms with E-state index >= 15 is 0 Å². The Hall–Kier alpha value is -2.99. The monoisotopic (exact) mass is 379 g/mol. The minimum atomic E-state index is -0.250. The van der Waals surface area contributed by atoms with Gasteiger partial charge in [-0.25, -0.2) is 14.4 Å². The Labute approximate surface area is 160 Å². The van der Waals surface area contributed by atoms with Gasteiger partial charge in [0, 0.05) is 23.1 Å². The van der Waals surface area contributed by atoms with Crippen LogP contribution in [0.1, 0.15) is 12.5 Å². The molecule has 2 aromatic carbocycles. The van der Waals surface area contributed by atoms with Crippen LogP contribution in [-0.2, 0) is 6.54 Å². The van der Waals surface area contributed by atoms with Crippen molar-refractivity contribution < 1.29 is 9.13 Å². The van der Waals surface area contributed by atoms with Crippen LogP contribution in [0.3, 0.4) is 0 Å². The number of nitrogens with one attached hydrogen (secondary N) is 1. The maximum Gasteiger partial charge on any atom is 0.139 e. The van der Waals surface area contributed by atoms with E-state index < -0.39 is 0 Å². The summed E-state index contributed by atoms with van der Waals surface area (Å²) >= 11 is 1.55. The average molecular weight is 379 g/mol. The molecular weight excluding hydrogens is 361 g/mol. The molecule has 0 unspecified atom stereocenters. The number of aromatic nitrogens is 2. The third-order valence-electron chi connectivity index (χ3n) is 4.24. The Kier molecular flexibility index (Phi) is 4.98. The third kappa shape index (κ3) is 3.61. The van der Waals surface area contributed by atoms with Crippen molar-refractivity contribution in [2.75, 3.05) is 11.9 Å². The molecule has 0 atom stereocenters. The summed E-state index contributed by atoms with van der Waals surface area (Å²) < 4.78 is 19.0. The Morgan fingerprint density at radius 3 is 2.70 bits per heavy atom. The molecule has 0 bridgehead atoms. The predicted molar refractivity (Wildman–Crippen MR) is 108 cm³/mol. The van der Waals surface area contributed by atoms with Crippen LogP contribution in [-0.4, -0.2) is 16.6 Å². The van der Waals surface area contributed by atoms with Crippen LogP contribution in [0.4, 0.5) is 10.2 Å². The fraction of sp³-hybridized carbons (Fsp3) is 0.143. The van der Waals surface area contributed by atoms with Crippen molar-refractivity contribution in [2.24, 2.45) is 0 Å². The van der Waals surface area contributed by atoms with Gasteiger partial charge in [0.25, 0.3) is 0 Å². The summed E-state index contributed by atoms with van der Waals surface area (Å²) in [6, 6.07) is 14.4. The molecule has 2 aromatic heterocycles. The molecule has 6 heteroatoms. The summed E-state index contributed by atoms with van der Waals surface area (Å²) in [6.07, 6.45) is 1.56. The highest BCUT2D eigenvalue weighted by molar-refractivity contribution is 7.17. The van der Waals surface area contributed by atoms with Gasteiger partial charge in [-0.1, -0.05) is 30.3 Å². The molecule has 2 heterocycles. The van der Waals surface area contributed by atoms with Crippen molar-refractivity contribution in [1.29, 1.82) is 0 Å². The zero-order valence-corrected chi connectivity index (χ0v) is 15.6. The topological polar surface area (TPSA) is 47.0 Å². The van der Waals surface area contributed by atoms with E-state index in [0.717, 1.165) is 38.5 Å². The van der Waals surface area contributed by atoms with Gasteiger partial charge in [0.2, 0.25) is 0 Å².